The first-order valence-corrected chi connectivity index (χ1v) is 5.98. The molecule has 0 fully saturated rings. The van der Waals surface area contributed by atoms with Crippen molar-refractivity contribution in [1.82, 2.24) is 0 Å². The van der Waals surface area contributed by atoms with Crippen molar-refractivity contribution < 1.29 is 24.4 Å². The summed E-state index contributed by atoms with van der Waals surface area (Å²) in [6.07, 6.45) is 3.44. The van der Waals surface area contributed by atoms with Crippen molar-refractivity contribution in [2.45, 2.75) is 39.3 Å². The molecule has 20 heavy (non-hydrogen) atoms. The Morgan fingerprint density at radius 1 is 1.45 bits per heavy atom. The zero-order valence-corrected chi connectivity index (χ0v) is 11.7. The molecular formula is C13H17NO6. The van der Waals surface area contributed by atoms with Crippen LogP contribution in [-0.4, -0.2) is 33.6 Å². The molecule has 0 saturated heterocycles. The predicted molar refractivity (Wildman–Crippen MR) is 69.6 cm³/mol. The monoisotopic (exact) mass is 283 g/mol. The maximum atomic E-state index is 11.9. The second-order valence-corrected chi connectivity index (χ2v) is 5.78. The molecule has 1 aliphatic rings. The fourth-order valence-corrected chi connectivity index (χ4v) is 1.71. The van der Waals surface area contributed by atoms with Gasteiger partial charge in [0, 0.05) is 11.0 Å². The van der Waals surface area contributed by atoms with Crippen molar-refractivity contribution in [3.63, 3.8) is 0 Å². The van der Waals surface area contributed by atoms with E-state index in [1.54, 1.807) is 20.8 Å². The summed E-state index contributed by atoms with van der Waals surface area (Å²) < 4.78 is 5.11. The first-order valence-electron chi connectivity index (χ1n) is 5.98. The molecule has 1 aliphatic carbocycles. The van der Waals surface area contributed by atoms with Gasteiger partial charge in [-0.25, -0.2) is 4.79 Å². The van der Waals surface area contributed by atoms with E-state index in [1.165, 1.54) is 13.0 Å². The van der Waals surface area contributed by atoms with Gasteiger partial charge in [0.15, 0.2) is 5.41 Å². The number of nitro groups is 1. The number of ether oxygens (including phenoxy) is 1. The second kappa shape index (κ2) is 5.07. The zero-order chi connectivity index (χ0) is 15.7. The third-order valence-electron chi connectivity index (χ3n) is 2.88. The number of hydrogen-bond donors (Lipinski definition) is 1. The fourth-order valence-electron chi connectivity index (χ4n) is 1.71. The molecule has 7 heteroatoms. The molecule has 2 atom stereocenters. The zero-order valence-electron chi connectivity index (χ0n) is 11.7. The van der Waals surface area contributed by atoms with E-state index < -0.39 is 33.9 Å². The average molecular weight is 283 g/mol. The SMILES string of the molecule is CC(C)(C)OC(=O)C1=CC([N+](=O)[O-])C(C)(C(=O)O)C=C1. The maximum Gasteiger partial charge on any atom is 0.338 e. The average Bonchev–Trinajstić information content (AvgIpc) is 2.26. The molecule has 0 bridgehead atoms. The Bertz CT molecular complexity index is 513. The molecule has 0 aromatic rings. The summed E-state index contributed by atoms with van der Waals surface area (Å²) in [4.78, 5) is 33.4. The number of carboxylic acid groups (broad SMARTS) is 1. The molecule has 0 aromatic heterocycles. The summed E-state index contributed by atoms with van der Waals surface area (Å²) in [5.74, 6) is -2.04. The normalized spacial score (nSPS) is 25.8. The number of esters is 1. The minimum absolute atomic E-state index is 0.0136. The van der Waals surface area contributed by atoms with Crippen molar-refractivity contribution in [3.05, 3.63) is 33.9 Å². The number of carbonyl (C=O) groups excluding carboxylic acids is 1. The number of carboxylic acids is 1. The van der Waals surface area contributed by atoms with E-state index in [-0.39, 0.29) is 5.57 Å². The lowest BCUT2D eigenvalue weighted by Gasteiger charge is -2.27. The Morgan fingerprint density at radius 3 is 2.40 bits per heavy atom. The summed E-state index contributed by atoms with van der Waals surface area (Å²) in [5.41, 5.74) is -2.43. The number of hydrogen-bond acceptors (Lipinski definition) is 5. The Morgan fingerprint density at radius 2 is 2.00 bits per heavy atom. The summed E-state index contributed by atoms with van der Waals surface area (Å²) in [5, 5.41) is 20.2. The van der Waals surface area contributed by atoms with Crippen molar-refractivity contribution in [1.29, 1.82) is 0 Å². The summed E-state index contributed by atoms with van der Waals surface area (Å²) in [6, 6.07) is -1.52. The quantitative estimate of drug-likeness (QED) is 0.478. The molecular weight excluding hydrogens is 266 g/mol. The largest absolute Gasteiger partial charge is 0.480 e. The van der Waals surface area contributed by atoms with Crippen molar-refractivity contribution in [2.24, 2.45) is 5.41 Å². The van der Waals surface area contributed by atoms with E-state index in [4.69, 9.17) is 9.84 Å². The lowest BCUT2D eigenvalue weighted by atomic mass is 9.78. The van der Waals surface area contributed by atoms with Crippen LogP contribution in [0.4, 0.5) is 0 Å². The van der Waals surface area contributed by atoms with Crippen LogP contribution >= 0.6 is 0 Å². The Balaban J connectivity index is 3.11. The van der Waals surface area contributed by atoms with E-state index in [9.17, 15) is 19.7 Å². The molecule has 0 amide bonds. The molecule has 0 radical (unpaired) electrons. The van der Waals surface area contributed by atoms with Gasteiger partial charge < -0.3 is 9.84 Å². The van der Waals surface area contributed by atoms with Gasteiger partial charge in [-0.1, -0.05) is 12.2 Å². The smallest absolute Gasteiger partial charge is 0.338 e. The standard InChI is InChI=1S/C13H17NO6/c1-12(2,3)20-10(15)8-5-6-13(4,11(16)17)9(7-8)14(18)19/h5-7,9H,1-4H3,(H,16,17). The molecule has 1 rings (SSSR count). The lowest BCUT2D eigenvalue weighted by Crippen LogP contribution is -2.44. The van der Waals surface area contributed by atoms with Crippen LogP contribution in [0.1, 0.15) is 27.7 Å². The Labute approximate surface area is 116 Å². The third kappa shape index (κ3) is 3.23. The van der Waals surface area contributed by atoms with E-state index in [2.05, 4.69) is 0 Å². The van der Waals surface area contributed by atoms with Gasteiger partial charge in [-0.2, -0.15) is 0 Å². The molecule has 0 heterocycles. The Kier molecular flexibility index (Phi) is 4.02. The minimum Gasteiger partial charge on any atom is -0.480 e. The highest BCUT2D eigenvalue weighted by atomic mass is 16.6. The van der Waals surface area contributed by atoms with Crippen molar-refractivity contribution in [2.75, 3.05) is 0 Å². The molecule has 7 nitrogen and oxygen atoms in total. The molecule has 0 saturated carbocycles. The van der Waals surface area contributed by atoms with Crippen molar-refractivity contribution in [3.8, 4) is 0 Å². The highest BCUT2D eigenvalue weighted by Gasteiger charge is 2.48. The van der Waals surface area contributed by atoms with Gasteiger partial charge in [0.1, 0.15) is 5.60 Å². The molecule has 0 aromatic carbocycles. The molecule has 1 N–H and O–H groups in total. The lowest BCUT2D eigenvalue weighted by molar-refractivity contribution is -0.522. The van der Waals surface area contributed by atoms with Crippen LogP contribution in [0.5, 0.6) is 0 Å². The highest BCUT2D eigenvalue weighted by molar-refractivity contribution is 5.93. The molecule has 110 valence electrons. The van der Waals surface area contributed by atoms with E-state index in [1.807, 2.05) is 0 Å². The van der Waals surface area contributed by atoms with Crippen LogP contribution in [-0.2, 0) is 14.3 Å². The Hall–Kier alpha value is -2.18. The van der Waals surface area contributed by atoms with E-state index in [0.717, 1.165) is 12.2 Å². The van der Waals surface area contributed by atoms with Crippen LogP contribution < -0.4 is 0 Å². The summed E-state index contributed by atoms with van der Waals surface area (Å²) in [7, 11) is 0. The van der Waals surface area contributed by atoms with Gasteiger partial charge >= 0.3 is 11.9 Å². The van der Waals surface area contributed by atoms with Gasteiger partial charge in [0.2, 0.25) is 0 Å². The van der Waals surface area contributed by atoms with Gasteiger partial charge in [-0.05, 0) is 27.7 Å². The number of nitrogens with zero attached hydrogens (tertiary/aromatic N) is 1. The van der Waals surface area contributed by atoms with Crippen LogP contribution in [0, 0.1) is 15.5 Å². The summed E-state index contributed by atoms with van der Waals surface area (Å²) >= 11 is 0. The van der Waals surface area contributed by atoms with E-state index in [0.29, 0.717) is 0 Å². The van der Waals surface area contributed by atoms with Crippen LogP contribution in [0.2, 0.25) is 0 Å². The number of rotatable bonds is 3. The van der Waals surface area contributed by atoms with Crippen molar-refractivity contribution >= 4 is 11.9 Å². The predicted octanol–water partition coefficient (Wildman–Crippen LogP) is 1.56. The molecule has 2 unspecified atom stereocenters. The topological polar surface area (TPSA) is 107 Å². The van der Waals surface area contributed by atoms with Crippen LogP contribution in [0.15, 0.2) is 23.8 Å². The van der Waals surface area contributed by atoms with Gasteiger partial charge in [-0.15, -0.1) is 0 Å². The second-order valence-electron chi connectivity index (χ2n) is 5.78. The minimum atomic E-state index is -1.69. The van der Waals surface area contributed by atoms with Gasteiger partial charge in [0.05, 0.1) is 5.57 Å². The highest BCUT2D eigenvalue weighted by Crippen LogP contribution is 2.32. The van der Waals surface area contributed by atoms with E-state index >= 15 is 0 Å². The summed E-state index contributed by atoms with van der Waals surface area (Å²) in [6.45, 7) is 6.25. The fraction of sp³-hybridized carbons (Fsp3) is 0.538. The molecule has 0 aliphatic heterocycles. The first-order chi connectivity index (χ1) is 8.97. The maximum absolute atomic E-state index is 11.9. The van der Waals surface area contributed by atoms with Gasteiger partial charge in [-0.3, -0.25) is 14.9 Å². The van der Waals surface area contributed by atoms with Crippen LogP contribution in [0.25, 0.3) is 0 Å². The first kappa shape index (κ1) is 15.9. The van der Waals surface area contributed by atoms with Crippen LogP contribution in [0.3, 0.4) is 0 Å². The third-order valence-corrected chi connectivity index (χ3v) is 2.88. The number of carbonyl (C=O) groups is 2. The van der Waals surface area contributed by atoms with Gasteiger partial charge in [0.25, 0.3) is 6.04 Å². The molecule has 0 spiro atoms. The number of aliphatic carboxylic acids is 1.